The van der Waals surface area contributed by atoms with E-state index in [0.29, 0.717) is 16.8 Å². The van der Waals surface area contributed by atoms with E-state index in [4.69, 9.17) is 0 Å². The summed E-state index contributed by atoms with van der Waals surface area (Å²) >= 11 is 0. The molecule has 1 N–H and O–H groups in total. The van der Waals surface area contributed by atoms with E-state index in [1.807, 2.05) is 32.9 Å². The molecule has 0 unspecified atom stereocenters. The lowest BCUT2D eigenvalue weighted by atomic mass is 9.99. The van der Waals surface area contributed by atoms with Gasteiger partial charge in [-0.3, -0.25) is 4.79 Å². The highest BCUT2D eigenvalue weighted by molar-refractivity contribution is 6.06. The van der Waals surface area contributed by atoms with Crippen LogP contribution in [0.3, 0.4) is 0 Å². The largest absolute Gasteiger partial charge is 0.465 e. The summed E-state index contributed by atoms with van der Waals surface area (Å²) in [6, 6.07) is 10.6. The molecule has 0 heterocycles. The van der Waals surface area contributed by atoms with Crippen LogP contribution in [-0.2, 0) is 4.74 Å². The number of ether oxygens (including phenoxy) is 1. The standard InChI is InChI=1S/C18H19NO3/c1-11-8-12(2)16(13(3)9-11)17(20)19-15-7-5-6-14(10-15)18(21)22-4/h5-10H,1-4H3,(H,19,20). The summed E-state index contributed by atoms with van der Waals surface area (Å²) in [7, 11) is 1.33. The number of rotatable bonds is 3. The molecule has 4 nitrogen and oxygen atoms in total. The van der Waals surface area contributed by atoms with Crippen LogP contribution in [0.1, 0.15) is 37.4 Å². The summed E-state index contributed by atoms with van der Waals surface area (Å²) in [6.45, 7) is 5.83. The number of nitrogens with one attached hydrogen (secondary N) is 1. The second-order valence-electron chi connectivity index (χ2n) is 5.30. The molecule has 22 heavy (non-hydrogen) atoms. The first-order valence-corrected chi connectivity index (χ1v) is 7.00. The smallest absolute Gasteiger partial charge is 0.337 e. The molecule has 114 valence electrons. The third-order valence-corrected chi connectivity index (χ3v) is 3.45. The van der Waals surface area contributed by atoms with Crippen LogP contribution in [0.2, 0.25) is 0 Å². The van der Waals surface area contributed by atoms with Gasteiger partial charge in [0.15, 0.2) is 0 Å². The van der Waals surface area contributed by atoms with Gasteiger partial charge in [-0.25, -0.2) is 4.79 Å². The van der Waals surface area contributed by atoms with Crippen LogP contribution in [0.5, 0.6) is 0 Å². The fourth-order valence-corrected chi connectivity index (χ4v) is 2.57. The van der Waals surface area contributed by atoms with E-state index >= 15 is 0 Å². The van der Waals surface area contributed by atoms with Crippen molar-refractivity contribution >= 4 is 17.6 Å². The van der Waals surface area contributed by atoms with Gasteiger partial charge in [-0.1, -0.05) is 23.8 Å². The lowest BCUT2D eigenvalue weighted by Crippen LogP contribution is -2.15. The summed E-state index contributed by atoms with van der Waals surface area (Å²) in [6.07, 6.45) is 0. The van der Waals surface area contributed by atoms with Crippen LogP contribution in [0.15, 0.2) is 36.4 Å². The molecule has 0 atom stereocenters. The minimum absolute atomic E-state index is 0.183. The van der Waals surface area contributed by atoms with Gasteiger partial charge in [0, 0.05) is 11.3 Å². The van der Waals surface area contributed by atoms with E-state index in [-0.39, 0.29) is 5.91 Å². The van der Waals surface area contributed by atoms with Crippen LogP contribution >= 0.6 is 0 Å². The van der Waals surface area contributed by atoms with E-state index in [1.165, 1.54) is 7.11 Å². The Morgan fingerprint density at radius 1 is 1.00 bits per heavy atom. The van der Waals surface area contributed by atoms with Crippen LogP contribution in [0, 0.1) is 20.8 Å². The SMILES string of the molecule is COC(=O)c1cccc(NC(=O)c2c(C)cc(C)cc2C)c1. The number of esters is 1. The minimum atomic E-state index is -0.432. The minimum Gasteiger partial charge on any atom is -0.465 e. The van der Waals surface area contributed by atoms with E-state index < -0.39 is 5.97 Å². The zero-order valence-electron chi connectivity index (χ0n) is 13.2. The Labute approximate surface area is 130 Å². The lowest BCUT2D eigenvalue weighted by molar-refractivity contribution is 0.0600. The molecule has 0 saturated heterocycles. The van der Waals surface area contributed by atoms with Gasteiger partial charge in [-0.05, 0) is 50.1 Å². The quantitative estimate of drug-likeness (QED) is 0.880. The lowest BCUT2D eigenvalue weighted by Gasteiger charge is -2.12. The second kappa shape index (κ2) is 6.43. The van der Waals surface area contributed by atoms with Gasteiger partial charge in [0.25, 0.3) is 5.91 Å². The van der Waals surface area contributed by atoms with Crippen molar-refractivity contribution < 1.29 is 14.3 Å². The maximum absolute atomic E-state index is 12.5. The van der Waals surface area contributed by atoms with Gasteiger partial charge >= 0.3 is 5.97 Å². The average Bonchev–Trinajstić information content (AvgIpc) is 2.45. The van der Waals surface area contributed by atoms with Crippen molar-refractivity contribution in [2.24, 2.45) is 0 Å². The highest BCUT2D eigenvalue weighted by atomic mass is 16.5. The Morgan fingerprint density at radius 3 is 2.23 bits per heavy atom. The van der Waals surface area contributed by atoms with Gasteiger partial charge in [-0.15, -0.1) is 0 Å². The normalized spacial score (nSPS) is 10.2. The van der Waals surface area contributed by atoms with Crippen molar-refractivity contribution in [3.8, 4) is 0 Å². The highest BCUT2D eigenvalue weighted by Crippen LogP contribution is 2.19. The molecular weight excluding hydrogens is 278 g/mol. The molecule has 1 amide bonds. The summed E-state index contributed by atoms with van der Waals surface area (Å²) in [4.78, 5) is 24.0. The van der Waals surface area contributed by atoms with Gasteiger partial charge in [0.05, 0.1) is 12.7 Å². The first-order chi connectivity index (χ1) is 10.4. The Bertz CT molecular complexity index is 712. The Hall–Kier alpha value is -2.62. The third-order valence-electron chi connectivity index (χ3n) is 3.45. The molecule has 0 fully saturated rings. The zero-order valence-corrected chi connectivity index (χ0v) is 13.2. The van der Waals surface area contributed by atoms with E-state index in [9.17, 15) is 9.59 Å². The Kier molecular flexibility index (Phi) is 4.61. The first kappa shape index (κ1) is 15.8. The van der Waals surface area contributed by atoms with Crippen molar-refractivity contribution in [3.05, 3.63) is 64.2 Å². The fraction of sp³-hybridized carbons (Fsp3) is 0.222. The van der Waals surface area contributed by atoms with E-state index in [0.717, 1.165) is 16.7 Å². The van der Waals surface area contributed by atoms with Crippen molar-refractivity contribution in [2.75, 3.05) is 12.4 Å². The van der Waals surface area contributed by atoms with Crippen LogP contribution in [-0.4, -0.2) is 19.0 Å². The number of anilines is 1. The number of amides is 1. The molecule has 0 saturated carbocycles. The predicted molar refractivity (Wildman–Crippen MR) is 86.4 cm³/mol. The number of methoxy groups -OCH3 is 1. The van der Waals surface area contributed by atoms with Crippen molar-refractivity contribution in [2.45, 2.75) is 20.8 Å². The molecule has 0 aliphatic rings. The molecule has 2 aromatic carbocycles. The van der Waals surface area contributed by atoms with Crippen LogP contribution < -0.4 is 5.32 Å². The van der Waals surface area contributed by atoms with Crippen LogP contribution in [0.25, 0.3) is 0 Å². The molecule has 0 aromatic heterocycles. The van der Waals surface area contributed by atoms with Crippen LogP contribution in [0.4, 0.5) is 5.69 Å². The highest BCUT2D eigenvalue weighted by Gasteiger charge is 2.14. The van der Waals surface area contributed by atoms with Gasteiger partial charge in [-0.2, -0.15) is 0 Å². The molecule has 0 spiro atoms. The topological polar surface area (TPSA) is 55.4 Å². The molecule has 2 rings (SSSR count). The summed E-state index contributed by atoms with van der Waals surface area (Å²) in [5.74, 6) is -0.615. The molecule has 0 radical (unpaired) electrons. The molecule has 0 bridgehead atoms. The van der Waals surface area contributed by atoms with Crippen molar-refractivity contribution in [1.29, 1.82) is 0 Å². The summed E-state index contributed by atoms with van der Waals surface area (Å²) in [5.41, 5.74) is 4.61. The van der Waals surface area contributed by atoms with E-state index in [1.54, 1.807) is 24.3 Å². The number of benzene rings is 2. The Morgan fingerprint density at radius 2 is 1.64 bits per heavy atom. The maximum atomic E-state index is 12.5. The molecule has 0 aliphatic heterocycles. The molecule has 0 aliphatic carbocycles. The third kappa shape index (κ3) is 3.34. The van der Waals surface area contributed by atoms with Crippen molar-refractivity contribution in [3.63, 3.8) is 0 Å². The number of hydrogen-bond acceptors (Lipinski definition) is 3. The first-order valence-electron chi connectivity index (χ1n) is 7.00. The monoisotopic (exact) mass is 297 g/mol. The van der Waals surface area contributed by atoms with Gasteiger partial charge in [0.2, 0.25) is 0 Å². The maximum Gasteiger partial charge on any atom is 0.337 e. The Balaban J connectivity index is 2.28. The van der Waals surface area contributed by atoms with Gasteiger partial charge < -0.3 is 10.1 Å². The summed E-state index contributed by atoms with van der Waals surface area (Å²) < 4.78 is 4.68. The number of aryl methyl sites for hydroxylation is 3. The summed E-state index contributed by atoms with van der Waals surface area (Å²) in [5, 5.41) is 2.83. The average molecular weight is 297 g/mol. The zero-order chi connectivity index (χ0) is 16.3. The molecular formula is C18H19NO3. The fourth-order valence-electron chi connectivity index (χ4n) is 2.57. The van der Waals surface area contributed by atoms with E-state index in [2.05, 4.69) is 10.1 Å². The molecule has 4 heteroatoms. The number of hydrogen-bond donors (Lipinski definition) is 1. The van der Waals surface area contributed by atoms with Crippen molar-refractivity contribution in [1.82, 2.24) is 0 Å². The number of carbonyl (C=O) groups is 2. The predicted octanol–water partition coefficient (Wildman–Crippen LogP) is 3.65. The van der Waals surface area contributed by atoms with Gasteiger partial charge in [0.1, 0.15) is 0 Å². The molecule has 2 aromatic rings. The second-order valence-corrected chi connectivity index (χ2v) is 5.30. The number of carbonyl (C=O) groups excluding carboxylic acids is 2.